The van der Waals surface area contributed by atoms with Gasteiger partial charge in [0.25, 0.3) is 0 Å². The van der Waals surface area contributed by atoms with E-state index in [1.807, 2.05) is 28.8 Å². The van der Waals surface area contributed by atoms with Gasteiger partial charge in [0.05, 0.1) is 17.5 Å². The van der Waals surface area contributed by atoms with Crippen molar-refractivity contribution in [2.75, 3.05) is 5.32 Å². The zero-order valence-corrected chi connectivity index (χ0v) is 12.2. The molecule has 6 heteroatoms. The van der Waals surface area contributed by atoms with E-state index in [4.69, 9.17) is 0 Å². The first-order chi connectivity index (χ1) is 10.7. The fourth-order valence-corrected chi connectivity index (χ4v) is 3.47. The first-order valence-electron chi connectivity index (χ1n) is 7.79. The molecule has 1 atom stereocenters. The maximum absolute atomic E-state index is 12.7. The van der Waals surface area contributed by atoms with Crippen LogP contribution < -0.4 is 10.6 Å². The molecule has 6 nitrogen and oxygen atoms in total. The van der Waals surface area contributed by atoms with Crippen LogP contribution in [0.25, 0.3) is 11.0 Å². The van der Waals surface area contributed by atoms with Gasteiger partial charge in [0.15, 0.2) is 0 Å². The van der Waals surface area contributed by atoms with E-state index in [0.29, 0.717) is 5.95 Å². The molecular formula is C16H18N4O2. The summed E-state index contributed by atoms with van der Waals surface area (Å²) in [7, 11) is 0. The van der Waals surface area contributed by atoms with Gasteiger partial charge in [-0.15, -0.1) is 0 Å². The van der Waals surface area contributed by atoms with E-state index in [1.54, 1.807) is 0 Å². The molecule has 2 aliphatic rings. The van der Waals surface area contributed by atoms with Crippen LogP contribution >= 0.6 is 0 Å². The molecule has 0 radical (unpaired) electrons. The highest BCUT2D eigenvalue weighted by molar-refractivity contribution is 5.99. The quantitative estimate of drug-likeness (QED) is 0.890. The topological polar surface area (TPSA) is 76.0 Å². The lowest BCUT2D eigenvalue weighted by Gasteiger charge is -2.26. The highest BCUT2D eigenvalue weighted by Gasteiger charge is 2.33. The third-order valence-electron chi connectivity index (χ3n) is 4.54. The second-order valence-corrected chi connectivity index (χ2v) is 6.05. The number of fused-ring (bicyclic) bond motifs is 3. The maximum atomic E-state index is 12.7. The summed E-state index contributed by atoms with van der Waals surface area (Å²) in [4.78, 5) is 29.0. The van der Waals surface area contributed by atoms with Crippen molar-refractivity contribution in [2.24, 2.45) is 0 Å². The Bertz CT molecular complexity index is 746. The SMILES string of the molecule is O=C1C[C@H](C(=O)NC2CCCC2)n2c(nc3ccccc32)N1. The normalized spacial score (nSPS) is 21.6. The van der Waals surface area contributed by atoms with Crippen LogP contribution in [0.3, 0.4) is 0 Å². The van der Waals surface area contributed by atoms with E-state index in [-0.39, 0.29) is 24.3 Å². The number of nitrogens with zero attached hydrogens (tertiary/aromatic N) is 2. The number of aromatic nitrogens is 2. The summed E-state index contributed by atoms with van der Waals surface area (Å²) < 4.78 is 1.85. The van der Waals surface area contributed by atoms with Gasteiger partial charge in [-0.05, 0) is 25.0 Å². The van der Waals surface area contributed by atoms with Crippen LogP contribution in [0.1, 0.15) is 38.1 Å². The molecule has 2 heterocycles. The van der Waals surface area contributed by atoms with Crippen molar-refractivity contribution in [2.45, 2.75) is 44.2 Å². The average Bonchev–Trinajstić information content (AvgIpc) is 3.12. The molecule has 4 rings (SSSR count). The van der Waals surface area contributed by atoms with Crippen molar-refractivity contribution in [3.05, 3.63) is 24.3 Å². The number of hydrogen-bond acceptors (Lipinski definition) is 3. The molecule has 0 saturated heterocycles. The van der Waals surface area contributed by atoms with E-state index in [1.165, 1.54) is 0 Å². The Morgan fingerprint density at radius 2 is 2.05 bits per heavy atom. The molecule has 22 heavy (non-hydrogen) atoms. The number of anilines is 1. The van der Waals surface area contributed by atoms with Gasteiger partial charge in [0.1, 0.15) is 6.04 Å². The van der Waals surface area contributed by atoms with Crippen molar-refractivity contribution in [3.63, 3.8) is 0 Å². The minimum Gasteiger partial charge on any atom is -0.352 e. The molecular weight excluding hydrogens is 280 g/mol. The largest absolute Gasteiger partial charge is 0.352 e. The smallest absolute Gasteiger partial charge is 0.243 e. The Kier molecular flexibility index (Phi) is 3.10. The minimum atomic E-state index is -0.517. The summed E-state index contributed by atoms with van der Waals surface area (Å²) in [6.45, 7) is 0. The number of imidazole rings is 1. The summed E-state index contributed by atoms with van der Waals surface area (Å²) in [6, 6.07) is 7.36. The van der Waals surface area contributed by atoms with Gasteiger partial charge in [0, 0.05) is 6.04 Å². The predicted octanol–water partition coefficient (Wildman–Crippen LogP) is 1.98. The Labute approximate surface area is 127 Å². The number of rotatable bonds is 2. The Morgan fingerprint density at radius 3 is 2.86 bits per heavy atom. The average molecular weight is 298 g/mol. The van der Waals surface area contributed by atoms with Crippen molar-refractivity contribution in [3.8, 4) is 0 Å². The molecule has 1 aliphatic heterocycles. The van der Waals surface area contributed by atoms with Gasteiger partial charge in [0.2, 0.25) is 17.8 Å². The Morgan fingerprint density at radius 1 is 1.27 bits per heavy atom. The zero-order valence-electron chi connectivity index (χ0n) is 12.2. The number of amides is 2. The summed E-state index contributed by atoms with van der Waals surface area (Å²) in [5.74, 6) is 0.226. The molecule has 0 unspecified atom stereocenters. The third kappa shape index (κ3) is 2.15. The van der Waals surface area contributed by atoms with Crippen molar-refractivity contribution in [1.82, 2.24) is 14.9 Å². The lowest BCUT2D eigenvalue weighted by Crippen LogP contribution is -2.42. The molecule has 2 aromatic rings. The molecule has 0 bridgehead atoms. The van der Waals surface area contributed by atoms with Gasteiger partial charge < -0.3 is 5.32 Å². The van der Waals surface area contributed by atoms with Crippen LogP contribution in [0, 0.1) is 0 Å². The van der Waals surface area contributed by atoms with Crippen molar-refractivity contribution in [1.29, 1.82) is 0 Å². The first kappa shape index (κ1) is 13.3. The van der Waals surface area contributed by atoms with Crippen LogP contribution in [-0.4, -0.2) is 27.4 Å². The fraction of sp³-hybridized carbons (Fsp3) is 0.438. The fourth-order valence-electron chi connectivity index (χ4n) is 3.47. The summed E-state index contributed by atoms with van der Waals surface area (Å²) in [5, 5.41) is 5.86. The molecule has 0 spiro atoms. The highest BCUT2D eigenvalue weighted by atomic mass is 16.2. The molecule has 1 fully saturated rings. The summed E-state index contributed by atoms with van der Waals surface area (Å²) in [6.07, 6.45) is 4.54. The van der Waals surface area contributed by atoms with Gasteiger partial charge in [-0.25, -0.2) is 4.98 Å². The summed E-state index contributed by atoms with van der Waals surface area (Å²) >= 11 is 0. The van der Waals surface area contributed by atoms with E-state index in [0.717, 1.165) is 36.7 Å². The predicted molar refractivity (Wildman–Crippen MR) is 82.4 cm³/mol. The molecule has 1 aromatic carbocycles. The number of carbonyl (C=O) groups is 2. The van der Waals surface area contributed by atoms with Crippen molar-refractivity contribution < 1.29 is 9.59 Å². The zero-order chi connectivity index (χ0) is 15.1. The molecule has 1 aromatic heterocycles. The molecule has 1 aliphatic carbocycles. The van der Waals surface area contributed by atoms with Gasteiger partial charge in [-0.2, -0.15) is 0 Å². The van der Waals surface area contributed by atoms with Crippen LogP contribution in [0.15, 0.2) is 24.3 Å². The number of para-hydroxylation sites is 2. The number of benzene rings is 1. The van der Waals surface area contributed by atoms with Crippen LogP contribution in [-0.2, 0) is 9.59 Å². The third-order valence-corrected chi connectivity index (χ3v) is 4.54. The van der Waals surface area contributed by atoms with E-state index in [9.17, 15) is 9.59 Å². The molecule has 2 amide bonds. The van der Waals surface area contributed by atoms with Crippen molar-refractivity contribution >= 4 is 28.8 Å². The van der Waals surface area contributed by atoms with Crippen LogP contribution in [0.5, 0.6) is 0 Å². The second kappa shape index (κ2) is 5.12. The molecule has 114 valence electrons. The highest BCUT2D eigenvalue weighted by Crippen LogP contribution is 2.30. The number of nitrogens with one attached hydrogen (secondary N) is 2. The maximum Gasteiger partial charge on any atom is 0.243 e. The van der Waals surface area contributed by atoms with Gasteiger partial charge in [-0.1, -0.05) is 25.0 Å². The minimum absolute atomic E-state index is 0.0776. The van der Waals surface area contributed by atoms with Crippen LogP contribution in [0.2, 0.25) is 0 Å². The summed E-state index contributed by atoms with van der Waals surface area (Å²) in [5.41, 5.74) is 1.67. The molecule has 2 N–H and O–H groups in total. The standard InChI is InChI=1S/C16H18N4O2/c21-14-9-13(15(22)17-10-5-1-2-6-10)20-12-8-4-3-7-11(12)18-16(20)19-14/h3-4,7-8,10,13H,1-2,5-6,9H2,(H,17,22)(H,18,19,21)/t13-/m1/s1. The lowest BCUT2D eigenvalue weighted by atomic mass is 10.1. The monoisotopic (exact) mass is 298 g/mol. The van der Waals surface area contributed by atoms with Gasteiger partial charge >= 0.3 is 0 Å². The van der Waals surface area contributed by atoms with Gasteiger partial charge in [-0.3, -0.25) is 19.5 Å². The second-order valence-electron chi connectivity index (χ2n) is 6.05. The lowest BCUT2D eigenvalue weighted by molar-refractivity contribution is -0.128. The van der Waals surface area contributed by atoms with Crippen LogP contribution in [0.4, 0.5) is 5.95 Å². The van der Waals surface area contributed by atoms with E-state index < -0.39 is 6.04 Å². The Balaban J connectivity index is 1.71. The van der Waals surface area contributed by atoms with E-state index >= 15 is 0 Å². The number of hydrogen-bond donors (Lipinski definition) is 2. The van der Waals surface area contributed by atoms with E-state index in [2.05, 4.69) is 15.6 Å². The number of carbonyl (C=O) groups excluding carboxylic acids is 2. The molecule has 1 saturated carbocycles. The first-order valence-corrected chi connectivity index (χ1v) is 7.79. The Hall–Kier alpha value is -2.37.